The minimum absolute atomic E-state index is 0.0925. The van der Waals surface area contributed by atoms with Gasteiger partial charge in [-0.1, -0.05) is 38.3 Å². The normalized spacial score (nSPS) is 15.3. The summed E-state index contributed by atoms with van der Waals surface area (Å²) in [5.41, 5.74) is 1.47. The van der Waals surface area contributed by atoms with Gasteiger partial charge in [-0.25, -0.2) is 0 Å². The molecule has 0 saturated heterocycles. The third-order valence-electron chi connectivity index (χ3n) is 4.84. The molecule has 0 radical (unpaired) electrons. The molecule has 8 heteroatoms. The van der Waals surface area contributed by atoms with E-state index in [9.17, 15) is 14.9 Å². The van der Waals surface area contributed by atoms with E-state index in [1.807, 2.05) is 0 Å². The molecule has 0 spiro atoms. The van der Waals surface area contributed by atoms with Crippen LogP contribution in [-0.2, 0) is 11.4 Å². The lowest BCUT2D eigenvalue weighted by Gasteiger charge is -2.36. The van der Waals surface area contributed by atoms with Gasteiger partial charge in [-0.3, -0.25) is 4.79 Å². The Morgan fingerprint density at radius 3 is 2.31 bits per heavy atom. The summed E-state index contributed by atoms with van der Waals surface area (Å²) in [6.07, 6.45) is 7.24. The molecule has 3 N–H and O–H groups in total. The zero-order valence-corrected chi connectivity index (χ0v) is 15.1. The van der Waals surface area contributed by atoms with Crippen molar-refractivity contribution in [2.75, 3.05) is 13.3 Å². The number of rotatable bonds is 7. The van der Waals surface area contributed by atoms with E-state index in [-0.39, 0.29) is 17.9 Å². The van der Waals surface area contributed by atoms with Gasteiger partial charge in [0.25, 0.3) is 11.0 Å². The number of nitrogens with one attached hydrogen (secondary N) is 1. The monoisotopic (exact) mass is 368 g/mol. The molecule has 0 bridgehead atoms. The summed E-state index contributed by atoms with van der Waals surface area (Å²) in [6.45, 7) is 2.06. The van der Waals surface area contributed by atoms with Crippen molar-refractivity contribution in [3.63, 3.8) is 0 Å². The minimum Gasteiger partial charge on any atom is -0.371 e. The van der Waals surface area contributed by atoms with Crippen LogP contribution in [0.3, 0.4) is 0 Å². The van der Waals surface area contributed by atoms with Crippen LogP contribution >= 0.6 is 0 Å². The fourth-order valence-electron chi connectivity index (χ4n) is 3.21. The summed E-state index contributed by atoms with van der Waals surface area (Å²) in [5.74, 6) is -0.0925. The third-order valence-corrected chi connectivity index (χ3v) is 4.84. The molecular formula is C18H28N2O6. The molecule has 1 aliphatic rings. The standard InChI is InChI=1S/C17H24N2O4.CH4O2/c1-2-17(10-4-3-5-11-17)13-18-16(20)15-8-6-14(7-9-15)12-23-19(21)22;2-1-3/h6-9H,2-5,10-13H2,1H3,(H,18,20);2-3H,1H2. The number of hydrogen-bond donors (Lipinski definition) is 3. The van der Waals surface area contributed by atoms with Crippen molar-refractivity contribution in [3.05, 3.63) is 45.5 Å². The van der Waals surface area contributed by atoms with Crippen LogP contribution < -0.4 is 5.32 Å². The Balaban J connectivity index is 0.00000105. The molecule has 1 aromatic carbocycles. The lowest BCUT2D eigenvalue weighted by Crippen LogP contribution is -2.38. The van der Waals surface area contributed by atoms with Gasteiger partial charge < -0.3 is 20.4 Å². The fourth-order valence-corrected chi connectivity index (χ4v) is 3.21. The SMILES string of the molecule is CCC1(CNC(=O)c2ccc(CO[N+](=O)[O-])cc2)CCCCC1.OCO. The summed E-state index contributed by atoms with van der Waals surface area (Å²) in [7, 11) is 0. The number of carbonyl (C=O) groups is 1. The van der Waals surface area contributed by atoms with Crippen LogP contribution in [0.4, 0.5) is 0 Å². The lowest BCUT2D eigenvalue weighted by atomic mass is 9.72. The zero-order valence-electron chi connectivity index (χ0n) is 15.1. The molecule has 1 amide bonds. The van der Waals surface area contributed by atoms with Gasteiger partial charge in [0, 0.05) is 12.1 Å². The molecule has 0 atom stereocenters. The summed E-state index contributed by atoms with van der Waals surface area (Å²) in [6, 6.07) is 6.70. The highest BCUT2D eigenvalue weighted by molar-refractivity contribution is 5.94. The van der Waals surface area contributed by atoms with Crippen molar-refractivity contribution in [1.29, 1.82) is 0 Å². The van der Waals surface area contributed by atoms with Gasteiger partial charge in [-0.05, 0) is 42.4 Å². The van der Waals surface area contributed by atoms with Gasteiger partial charge in [-0.2, -0.15) is 0 Å². The Labute approximate surface area is 153 Å². The molecule has 0 unspecified atom stereocenters. The first-order valence-electron chi connectivity index (χ1n) is 8.82. The second-order valence-electron chi connectivity index (χ2n) is 6.43. The molecule has 0 aromatic heterocycles. The van der Waals surface area contributed by atoms with Crippen LogP contribution in [0, 0.1) is 15.5 Å². The fraction of sp³-hybridized carbons (Fsp3) is 0.611. The van der Waals surface area contributed by atoms with Gasteiger partial charge in [-0.15, -0.1) is 10.1 Å². The number of hydrogen-bond acceptors (Lipinski definition) is 6. The summed E-state index contributed by atoms with van der Waals surface area (Å²) >= 11 is 0. The van der Waals surface area contributed by atoms with Gasteiger partial charge in [0.15, 0.2) is 0 Å². The Morgan fingerprint density at radius 1 is 1.23 bits per heavy atom. The molecule has 0 aliphatic heterocycles. The number of benzene rings is 1. The first kappa shape index (κ1) is 21.9. The highest BCUT2D eigenvalue weighted by atomic mass is 16.9. The lowest BCUT2D eigenvalue weighted by molar-refractivity contribution is -0.763. The zero-order chi connectivity index (χ0) is 19.4. The largest absolute Gasteiger partial charge is 0.371 e. The second kappa shape index (κ2) is 11.4. The Morgan fingerprint density at radius 2 is 1.81 bits per heavy atom. The van der Waals surface area contributed by atoms with E-state index in [0.29, 0.717) is 17.7 Å². The van der Waals surface area contributed by atoms with E-state index in [2.05, 4.69) is 17.1 Å². The van der Waals surface area contributed by atoms with Crippen LogP contribution in [-0.4, -0.2) is 34.5 Å². The van der Waals surface area contributed by atoms with E-state index in [1.165, 1.54) is 32.1 Å². The molecule has 146 valence electrons. The number of carbonyl (C=O) groups excluding carboxylic acids is 1. The molecule has 1 aromatic rings. The predicted octanol–water partition coefficient (Wildman–Crippen LogP) is 2.41. The first-order chi connectivity index (χ1) is 12.5. The van der Waals surface area contributed by atoms with Crippen LogP contribution in [0.15, 0.2) is 24.3 Å². The number of nitrogens with zero attached hydrogens (tertiary/aromatic N) is 1. The van der Waals surface area contributed by atoms with Crippen molar-refractivity contribution < 1.29 is 24.9 Å². The molecule has 1 saturated carbocycles. The maximum Gasteiger partial charge on any atom is 0.294 e. The maximum atomic E-state index is 12.3. The van der Waals surface area contributed by atoms with Crippen molar-refractivity contribution in [3.8, 4) is 0 Å². The molecule has 0 heterocycles. The third kappa shape index (κ3) is 7.37. The van der Waals surface area contributed by atoms with Gasteiger partial charge in [0.2, 0.25) is 0 Å². The highest BCUT2D eigenvalue weighted by Crippen LogP contribution is 2.38. The smallest absolute Gasteiger partial charge is 0.294 e. The Hall–Kier alpha value is -2.19. The minimum atomic E-state index is -0.824. The number of amides is 1. The first-order valence-corrected chi connectivity index (χ1v) is 8.82. The van der Waals surface area contributed by atoms with Crippen molar-refractivity contribution in [2.24, 2.45) is 5.41 Å². The average molecular weight is 368 g/mol. The molecule has 1 fully saturated rings. The van der Waals surface area contributed by atoms with Crippen LogP contribution in [0.5, 0.6) is 0 Å². The Bertz CT molecular complexity index is 555. The molecule has 1 aliphatic carbocycles. The van der Waals surface area contributed by atoms with E-state index >= 15 is 0 Å². The van der Waals surface area contributed by atoms with Crippen molar-refractivity contribution >= 4 is 5.91 Å². The summed E-state index contributed by atoms with van der Waals surface area (Å²) in [5, 5.41) is 26.6. The molecule has 2 rings (SSSR count). The maximum absolute atomic E-state index is 12.3. The predicted molar refractivity (Wildman–Crippen MR) is 95.7 cm³/mol. The van der Waals surface area contributed by atoms with Crippen LogP contribution in [0.2, 0.25) is 0 Å². The molecular weight excluding hydrogens is 340 g/mol. The van der Waals surface area contributed by atoms with E-state index in [4.69, 9.17) is 10.2 Å². The number of aliphatic hydroxyl groups is 2. The topological polar surface area (TPSA) is 122 Å². The summed E-state index contributed by atoms with van der Waals surface area (Å²) < 4.78 is 0. The summed E-state index contributed by atoms with van der Waals surface area (Å²) in [4.78, 5) is 26.7. The van der Waals surface area contributed by atoms with Crippen LogP contribution in [0.25, 0.3) is 0 Å². The van der Waals surface area contributed by atoms with Crippen molar-refractivity contribution in [2.45, 2.75) is 52.1 Å². The second-order valence-corrected chi connectivity index (χ2v) is 6.43. The molecule has 8 nitrogen and oxygen atoms in total. The van der Waals surface area contributed by atoms with E-state index in [1.54, 1.807) is 24.3 Å². The van der Waals surface area contributed by atoms with E-state index in [0.717, 1.165) is 6.42 Å². The van der Waals surface area contributed by atoms with Crippen LogP contribution in [0.1, 0.15) is 61.4 Å². The number of aliphatic hydroxyl groups excluding tert-OH is 1. The average Bonchev–Trinajstić information content (AvgIpc) is 2.66. The quantitative estimate of drug-likeness (QED) is 0.386. The van der Waals surface area contributed by atoms with Gasteiger partial charge >= 0.3 is 0 Å². The van der Waals surface area contributed by atoms with Gasteiger partial charge in [0.05, 0.1) is 0 Å². The van der Waals surface area contributed by atoms with Crippen molar-refractivity contribution in [1.82, 2.24) is 5.32 Å². The van der Waals surface area contributed by atoms with Gasteiger partial charge in [0.1, 0.15) is 13.4 Å². The molecule has 26 heavy (non-hydrogen) atoms. The van der Waals surface area contributed by atoms with E-state index < -0.39 is 11.9 Å². The highest BCUT2D eigenvalue weighted by Gasteiger charge is 2.30. The Kier molecular flexibility index (Phi) is 9.61.